The van der Waals surface area contributed by atoms with Gasteiger partial charge in [-0.3, -0.25) is 9.59 Å². The number of carbonyl (C=O) groups is 2. The van der Waals surface area contributed by atoms with Crippen molar-refractivity contribution in [1.82, 2.24) is 0 Å². The molecule has 0 saturated heterocycles. The van der Waals surface area contributed by atoms with Gasteiger partial charge in [-0.1, -0.05) is 6.07 Å². The van der Waals surface area contributed by atoms with Gasteiger partial charge in [0.25, 0.3) is 0 Å². The number of halogens is 3. The molecule has 2 atom stereocenters. The van der Waals surface area contributed by atoms with Crippen LogP contribution in [0.25, 0.3) is 0 Å². The summed E-state index contributed by atoms with van der Waals surface area (Å²) in [6.45, 7) is 1.57. The monoisotopic (exact) mass is 287 g/mol. The van der Waals surface area contributed by atoms with Crippen LogP contribution in [0.4, 0.5) is 18.9 Å². The van der Waals surface area contributed by atoms with Crippen molar-refractivity contribution >= 4 is 17.6 Å². The third kappa shape index (κ3) is 2.92. The predicted octanol–water partition coefficient (Wildman–Crippen LogP) is 2.67. The second kappa shape index (κ2) is 4.81. The van der Waals surface area contributed by atoms with Crippen molar-refractivity contribution in [2.45, 2.75) is 19.5 Å². The Kier molecular flexibility index (Phi) is 3.45. The minimum atomic E-state index is -4.49. The van der Waals surface area contributed by atoms with Crippen LogP contribution in [0.5, 0.6) is 0 Å². The number of aliphatic carboxylic acids is 1. The maximum absolute atomic E-state index is 12.6. The molecule has 108 valence electrons. The molecular formula is C13H12F3NO3. The standard InChI is InChI=1S/C13H12F3NO3/c1-6-2-3-7(13(14,15)16)4-10(6)17-11(18)8-5-9(8)12(19)20/h2-4,8-9H,5H2,1H3,(H,17,18)(H,19,20). The van der Waals surface area contributed by atoms with Gasteiger partial charge in [0.2, 0.25) is 5.91 Å². The summed E-state index contributed by atoms with van der Waals surface area (Å²) in [5, 5.41) is 11.1. The highest BCUT2D eigenvalue weighted by molar-refractivity contribution is 5.98. The maximum Gasteiger partial charge on any atom is 0.416 e. The second-order valence-electron chi connectivity index (χ2n) is 4.80. The van der Waals surface area contributed by atoms with E-state index in [-0.39, 0.29) is 12.1 Å². The number of alkyl halides is 3. The van der Waals surface area contributed by atoms with Gasteiger partial charge < -0.3 is 10.4 Å². The molecule has 1 aliphatic rings. The van der Waals surface area contributed by atoms with E-state index < -0.39 is 35.5 Å². The summed E-state index contributed by atoms with van der Waals surface area (Å²) in [6, 6.07) is 3.05. The molecule has 1 fully saturated rings. The van der Waals surface area contributed by atoms with Crippen molar-refractivity contribution in [2.24, 2.45) is 11.8 Å². The highest BCUT2D eigenvalue weighted by Crippen LogP contribution is 2.40. The number of amides is 1. The van der Waals surface area contributed by atoms with Crippen molar-refractivity contribution in [3.05, 3.63) is 29.3 Å². The van der Waals surface area contributed by atoms with E-state index in [1.54, 1.807) is 6.92 Å². The molecule has 0 radical (unpaired) electrons. The molecule has 20 heavy (non-hydrogen) atoms. The van der Waals surface area contributed by atoms with E-state index in [1.165, 1.54) is 6.07 Å². The van der Waals surface area contributed by atoms with Crippen molar-refractivity contribution in [3.63, 3.8) is 0 Å². The van der Waals surface area contributed by atoms with Crippen LogP contribution in [0.15, 0.2) is 18.2 Å². The fourth-order valence-corrected chi connectivity index (χ4v) is 1.92. The van der Waals surface area contributed by atoms with Gasteiger partial charge >= 0.3 is 12.1 Å². The van der Waals surface area contributed by atoms with E-state index in [0.717, 1.165) is 12.1 Å². The maximum atomic E-state index is 12.6. The molecule has 0 spiro atoms. The Labute approximate surface area is 112 Å². The quantitative estimate of drug-likeness (QED) is 0.898. The van der Waals surface area contributed by atoms with Crippen LogP contribution >= 0.6 is 0 Å². The van der Waals surface area contributed by atoms with Crippen LogP contribution in [0.2, 0.25) is 0 Å². The number of benzene rings is 1. The van der Waals surface area contributed by atoms with Gasteiger partial charge in [-0.2, -0.15) is 13.2 Å². The van der Waals surface area contributed by atoms with E-state index in [4.69, 9.17) is 5.11 Å². The Bertz CT molecular complexity index is 568. The van der Waals surface area contributed by atoms with Gasteiger partial charge in [0.05, 0.1) is 17.4 Å². The molecule has 1 aliphatic carbocycles. The van der Waals surface area contributed by atoms with Crippen molar-refractivity contribution in [3.8, 4) is 0 Å². The van der Waals surface area contributed by atoms with Crippen molar-refractivity contribution in [2.75, 3.05) is 5.32 Å². The number of carboxylic acids is 1. The van der Waals surface area contributed by atoms with E-state index in [0.29, 0.717) is 5.56 Å². The molecule has 7 heteroatoms. The Hall–Kier alpha value is -2.05. The first-order valence-corrected chi connectivity index (χ1v) is 5.91. The summed E-state index contributed by atoms with van der Waals surface area (Å²) in [6.07, 6.45) is -4.27. The smallest absolute Gasteiger partial charge is 0.416 e. The number of nitrogens with one attached hydrogen (secondary N) is 1. The lowest BCUT2D eigenvalue weighted by Crippen LogP contribution is -2.18. The van der Waals surface area contributed by atoms with Crippen LogP contribution in [-0.2, 0) is 15.8 Å². The summed E-state index contributed by atoms with van der Waals surface area (Å²) >= 11 is 0. The molecule has 0 bridgehead atoms. The highest BCUT2D eigenvalue weighted by Gasteiger charge is 2.48. The number of anilines is 1. The molecule has 2 unspecified atom stereocenters. The molecule has 1 aromatic carbocycles. The fourth-order valence-electron chi connectivity index (χ4n) is 1.92. The third-order valence-electron chi connectivity index (χ3n) is 3.27. The Balaban J connectivity index is 2.14. The predicted molar refractivity (Wildman–Crippen MR) is 64.0 cm³/mol. The molecule has 4 nitrogen and oxygen atoms in total. The summed E-state index contributed by atoms with van der Waals surface area (Å²) in [7, 11) is 0. The van der Waals surface area contributed by atoms with Crippen LogP contribution in [-0.4, -0.2) is 17.0 Å². The number of carboxylic acid groups (broad SMARTS) is 1. The Morgan fingerprint density at radius 1 is 1.30 bits per heavy atom. The molecule has 1 amide bonds. The zero-order chi connectivity index (χ0) is 15.1. The molecule has 2 N–H and O–H groups in total. The average molecular weight is 287 g/mol. The number of hydrogen-bond donors (Lipinski definition) is 2. The summed E-state index contributed by atoms with van der Waals surface area (Å²) < 4.78 is 37.8. The Morgan fingerprint density at radius 3 is 2.45 bits per heavy atom. The molecule has 0 aromatic heterocycles. The van der Waals surface area contributed by atoms with Crippen molar-refractivity contribution < 1.29 is 27.9 Å². The highest BCUT2D eigenvalue weighted by atomic mass is 19.4. The summed E-state index contributed by atoms with van der Waals surface area (Å²) in [4.78, 5) is 22.4. The zero-order valence-corrected chi connectivity index (χ0v) is 10.5. The molecule has 0 heterocycles. The molecule has 1 aromatic rings. The lowest BCUT2D eigenvalue weighted by atomic mass is 10.1. The van der Waals surface area contributed by atoms with Gasteiger partial charge in [0.15, 0.2) is 0 Å². The number of rotatable bonds is 3. The molecule has 2 rings (SSSR count). The summed E-state index contributed by atoms with van der Waals surface area (Å²) in [5.41, 5.74) is -0.316. The van der Waals surface area contributed by atoms with E-state index in [9.17, 15) is 22.8 Å². The van der Waals surface area contributed by atoms with Gasteiger partial charge in [-0.25, -0.2) is 0 Å². The number of carbonyl (C=O) groups excluding carboxylic acids is 1. The van der Waals surface area contributed by atoms with E-state index >= 15 is 0 Å². The van der Waals surface area contributed by atoms with E-state index in [2.05, 4.69) is 5.32 Å². The van der Waals surface area contributed by atoms with Gasteiger partial charge in [0.1, 0.15) is 0 Å². The minimum absolute atomic E-state index is 0.0564. The first-order chi connectivity index (χ1) is 9.20. The van der Waals surface area contributed by atoms with Crippen LogP contribution in [0.3, 0.4) is 0 Å². The largest absolute Gasteiger partial charge is 0.481 e. The molecule has 0 aliphatic heterocycles. The molecular weight excluding hydrogens is 275 g/mol. The zero-order valence-electron chi connectivity index (χ0n) is 10.5. The lowest BCUT2D eigenvalue weighted by Gasteiger charge is -2.12. The van der Waals surface area contributed by atoms with Gasteiger partial charge in [0, 0.05) is 5.69 Å². The van der Waals surface area contributed by atoms with Gasteiger partial charge in [-0.05, 0) is 31.0 Å². The Morgan fingerprint density at radius 2 is 1.95 bits per heavy atom. The van der Waals surface area contributed by atoms with Crippen LogP contribution in [0, 0.1) is 18.8 Å². The summed E-state index contributed by atoms with van der Waals surface area (Å²) in [5.74, 6) is -3.02. The van der Waals surface area contributed by atoms with Crippen LogP contribution < -0.4 is 5.32 Å². The lowest BCUT2D eigenvalue weighted by molar-refractivity contribution is -0.139. The molecule has 1 saturated carbocycles. The van der Waals surface area contributed by atoms with Crippen LogP contribution in [0.1, 0.15) is 17.5 Å². The number of hydrogen-bond acceptors (Lipinski definition) is 2. The van der Waals surface area contributed by atoms with E-state index in [1.807, 2.05) is 0 Å². The topological polar surface area (TPSA) is 66.4 Å². The van der Waals surface area contributed by atoms with Gasteiger partial charge in [-0.15, -0.1) is 0 Å². The fraction of sp³-hybridized carbons (Fsp3) is 0.385. The first kappa shape index (κ1) is 14.4. The number of aryl methyl sites for hydroxylation is 1. The van der Waals surface area contributed by atoms with Crippen molar-refractivity contribution in [1.29, 1.82) is 0 Å². The first-order valence-electron chi connectivity index (χ1n) is 5.91. The SMILES string of the molecule is Cc1ccc(C(F)(F)F)cc1NC(=O)C1CC1C(=O)O. The average Bonchev–Trinajstić information content (AvgIpc) is 3.10. The normalized spacial score (nSPS) is 21.4. The second-order valence-corrected chi connectivity index (χ2v) is 4.80. The minimum Gasteiger partial charge on any atom is -0.481 e. The third-order valence-corrected chi connectivity index (χ3v) is 3.27.